The minimum Gasteiger partial charge on any atom is -0.507 e. The van der Waals surface area contributed by atoms with E-state index in [-0.39, 0.29) is 11.3 Å². The highest BCUT2D eigenvalue weighted by Gasteiger charge is 2.34. The lowest BCUT2D eigenvalue weighted by Gasteiger charge is -2.13. The summed E-state index contributed by atoms with van der Waals surface area (Å²) in [4.78, 5) is 12.1. The van der Waals surface area contributed by atoms with Gasteiger partial charge in [0.1, 0.15) is 5.75 Å². The molecule has 2 atom stereocenters. The van der Waals surface area contributed by atoms with Gasteiger partial charge in [0, 0.05) is 11.8 Å². The largest absolute Gasteiger partial charge is 0.507 e. The zero-order valence-corrected chi connectivity index (χ0v) is 13.6. The maximum atomic E-state index is 12.1. The Bertz CT molecular complexity index is 897. The van der Waals surface area contributed by atoms with E-state index in [1.807, 2.05) is 18.2 Å². The molecule has 2 bridgehead atoms. The molecule has 0 aromatic heterocycles. The van der Waals surface area contributed by atoms with Crippen molar-refractivity contribution in [2.75, 3.05) is 0 Å². The summed E-state index contributed by atoms with van der Waals surface area (Å²) in [5.74, 6) is 0.297. The Morgan fingerprint density at radius 2 is 1.76 bits per heavy atom. The minimum absolute atomic E-state index is 0.0535. The number of benzene rings is 2. The molecule has 124 valence electrons. The molecule has 25 heavy (non-hydrogen) atoms. The van der Waals surface area contributed by atoms with Crippen LogP contribution >= 0.6 is 0 Å². The van der Waals surface area contributed by atoms with Gasteiger partial charge >= 0.3 is 0 Å². The molecule has 0 unspecified atom stereocenters. The van der Waals surface area contributed by atoms with Gasteiger partial charge in [-0.3, -0.25) is 4.79 Å². The van der Waals surface area contributed by atoms with Gasteiger partial charge in [-0.2, -0.15) is 5.10 Å². The summed E-state index contributed by atoms with van der Waals surface area (Å²) in [5, 5.41) is 13.9. The Hall–Kier alpha value is -3.14. The normalized spacial score (nSPS) is 21.3. The average molecular weight is 330 g/mol. The van der Waals surface area contributed by atoms with E-state index in [0.717, 1.165) is 12.0 Å². The van der Waals surface area contributed by atoms with Gasteiger partial charge in [0.15, 0.2) is 0 Å². The number of nitrogens with one attached hydrogen (secondary N) is 1. The molecule has 4 heteroatoms. The van der Waals surface area contributed by atoms with E-state index in [4.69, 9.17) is 0 Å². The third kappa shape index (κ3) is 2.87. The molecular formula is C21H18N2O2. The molecule has 2 N–H and O–H groups in total. The Labute approximate surface area is 146 Å². The molecule has 4 nitrogen and oxygen atoms in total. The van der Waals surface area contributed by atoms with E-state index in [2.05, 4.69) is 34.8 Å². The number of hydrazone groups is 1. The molecule has 2 aliphatic rings. The van der Waals surface area contributed by atoms with Crippen LogP contribution in [0.4, 0.5) is 0 Å². The summed E-state index contributed by atoms with van der Waals surface area (Å²) in [6.45, 7) is 0. The number of rotatable bonds is 4. The van der Waals surface area contributed by atoms with Crippen LogP contribution in [0.15, 0.2) is 77.4 Å². The Morgan fingerprint density at radius 3 is 2.56 bits per heavy atom. The summed E-state index contributed by atoms with van der Waals surface area (Å²) in [7, 11) is 0. The van der Waals surface area contributed by atoms with Gasteiger partial charge in [-0.25, -0.2) is 5.43 Å². The fourth-order valence-corrected chi connectivity index (χ4v) is 3.61. The van der Waals surface area contributed by atoms with Crippen molar-refractivity contribution < 1.29 is 9.90 Å². The van der Waals surface area contributed by atoms with E-state index in [1.54, 1.807) is 24.4 Å². The maximum absolute atomic E-state index is 12.1. The second-order valence-electron chi connectivity index (χ2n) is 6.28. The first-order valence-corrected chi connectivity index (χ1v) is 8.33. The van der Waals surface area contributed by atoms with Crippen molar-refractivity contribution in [3.8, 4) is 5.75 Å². The Balaban J connectivity index is 1.56. The molecular weight excluding hydrogens is 312 g/mol. The van der Waals surface area contributed by atoms with Crippen LogP contribution in [0.5, 0.6) is 5.75 Å². The van der Waals surface area contributed by atoms with Crippen LogP contribution in [0.3, 0.4) is 0 Å². The lowest BCUT2D eigenvalue weighted by atomic mass is 9.92. The number of nitrogens with zero attached hydrogens (tertiary/aromatic N) is 1. The van der Waals surface area contributed by atoms with Gasteiger partial charge < -0.3 is 5.11 Å². The van der Waals surface area contributed by atoms with Crippen LogP contribution < -0.4 is 5.43 Å². The lowest BCUT2D eigenvalue weighted by Crippen LogP contribution is -2.18. The first kappa shape index (κ1) is 15.4. The van der Waals surface area contributed by atoms with Crippen molar-refractivity contribution in [1.29, 1.82) is 0 Å². The number of hydrogen-bond donors (Lipinski definition) is 2. The van der Waals surface area contributed by atoms with Gasteiger partial charge in [-0.1, -0.05) is 54.6 Å². The molecule has 2 aliphatic carbocycles. The molecule has 0 spiro atoms. The maximum Gasteiger partial charge on any atom is 0.275 e. The van der Waals surface area contributed by atoms with Crippen molar-refractivity contribution in [3.63, 3.8) is 0 Å². The third-order valence-corrected chi connectivity index (χ3v) is 4.77. The van der Waals surface area contributed by atoms with E-state index in [1.165, 1.54) is 17.2 Å². The highest BCUT2D eigenvalue weighted by molar-refractivity contribution is 5.99. The summed E-state index contributed by atoms with van der Waals surface area (Å²) < 4.78 is 0. The summed E-state index contributed by atoms with van der Waals surface area (Å²) in [6.07, 6.45) is 7.28. The van der Waals surface area contributed by atoms with Crippen LogP contribution in [-0.2, 0) is 0 Å². The minimum atomic E-state index is -0.421. The Kier molecular flexibility index (Phi) is 3.94. The predicted molar refractivity (Wildman–Crippen MR) is 98.2 cm³/mol. The summed E-state index contributed by atoms with van der Waals surface area (Å²) >= 11 is 0. The van der Waals surface area contributed by atoms with Gasteiger partial charge in [0.25, 0.3) is 5.91 Å². The first-order chi connectivity index (χ1) is 12.2. The average Bonchev–Trinajstić information content (AvgIpc) is 3.24. The van der Waals surface area contributed by atoms with Crippen molar-refractivity contribution in [2.45, 2.75) is 6.42 Å². The number of para-hydroxylation sites is 1. The van der Waals surface area contributed by atoms with Gasteiger partial charge in [0.2, 0.25) is 0 Å². The highest BCUT2D eigenvalue weighted by atomic mass is 16.3. The summed E-state index contributed by atoms with van der Waals surface area (Å²) in [5.41, 5.74) is 6.36. The van der Waals surface area contributed by atoms with Crippen molar-refractivity contribution in [2.24, 2.45) is 16.9 Å². The van der Waals surface area contributed by atoms with Crippen molar-refractivity contribution in [1.82, 2.24) is 5.43 Å². The van der Waals surface area contributed by atoms with Crippen LogP contribution in [0, 0.1) is 11.8 Å². The van der Waals surface area contributed by atoms with Crippen molar-refractivity contribution >= 4 is 17.7 Å². The Morgan fingerprint density at radius 1 is 1.04 bits per heavy atom. The second-order valence-corrected chi connectivity index (χ2v) is 6.28. The molecule has 0 saturated heterocycles. The fraction of sp³-hybridized carbons (Fsp3) is 0.143. The zero-order valence-electron chi connectivity index (χ0n) is 13.6. The monoisotopic (exact) mass is 330 g/mol. The highest BCUT2D eigenvalue weighted by Crippen LogP contribution is 2.47. The van der Waals surface area contributed by atoms with Crippen LogP contribution in [0.1, 0.15) is 22.3 Å². The van der Waals surface area contributed by atoms with Crippen LogP contribution in [0.2, 0.25) is 0 Å². The zero-order chi connectivity index (χ0) is 17.2. The topological polar surface area (TPSA) is 61.7 Å². The first-order valence-electron chi connectivity index (χ1n) is 8.33. The van der Waals surface area contributed by atoms with Gasteiger partial charge in [-0.05, 0) is 35.3 Å². The molecule has 2 aromatic carbocycles. The van der Waals surface area contributed by atoms with Gasteiger partial charge in [0.05, 0.1) is 11.8 Å². The number of hydrogen-bond acceptors (Lipinski definition) is 3. The smallest absolute Gasteiger partial charge is 0.275 e. The number of allylic oxidation sites excluding steroid dienone is 4. The molecule has 0 fully saturated rings. The molecule has 0 heterocycles. The van der Waals surface area contributed by atoms with E-state index >= 15 is 0 Å². The number of carbonyl (C=O) groups is 1. The molecule has 1 amide bonds. The standard InChI is InChI=1S/C21H18N2O2/c24-19-9-5-4-8-17(19)21(25)23-22-13-18-15-10-11-16(12-15)20(18)14-6-2-1-3-7-14/h1-11,13,15-16,24H,12H2,(H,23,25)/b22-13-/t15-,16+/m1/s1. The quantitative estimate of drug-likeness (QED) is 0.509. The number of carbonyl (C=O) groups excluding carboxylic acids is 1. The molecule has 0 saturated carbocycles. The number of amides is 1. The fourth-order valence-electron chi connectivity index (χ4n) is 3.61. The number of aromatic hydroxyl groups is 1. The van der Waals surface area contributed by atoms with Crippen LogP contribution in [0.25, 0.3) is 5.57 Å². The number of phenolic OH excluding ortho intramolecular Hbond substituents is 1. The molecule has 0 aliphatic heterocycles. The summed E-state index contributed by atoms with van der Waals surface area (Å²) in [6, 6.07) is 16.7. The van der Waals surface area contributed by atoms with Crippen LogP contribution in [-0.4, -0.2) is 17.2 Å². The van der Waals surface area contributed by atoms with E-state index in [0.29, 0.717) is 11.8 Å². The van der Waals surface area contributed by atoms with E-state index in [9.17, 15) is 9.90 Å². The van der Waals surface area contributed by atoms with Gasteiger partial charge in [-0.15, -0.1) is 0 Å². The number of phenols is 1. The molecule has 0 radical (unpaired) electrons. The predicted octanol–water partition coefficient (Wildman–Crippen LogP) is 3.77. The second kappa shape index (κ2) is 6.40. The van der Waals surface area contributed by atoms with E-state index < -0.39 is 5.91 Å². The molecule has 4 rings (SSSR count). The lowest BCUT2D eigenvalue weighted by molar-refractivity contribution is 0.0952. The number of fused-ring (bicyclic) bond motifs is 2. The van der Waals surface area contributed by atoms with Crippen molar-refractivity contribution in [3.05, 3.63) is 83.4 Å². The third-order valence-electron chi connectivity index (χ3n) is 4.77. The molecule has 2 aromatic rings. The SMILES string of the molecule is O=C(N/N=C\C1=C(c2ccccc2)[C@H]2C=C[C@@H]1C2)c1ccccc1O.